The molecule has 2 N–H and O–H groups in total. The summed E-state index contributed by atoms with van der Waals surface area (Å²) in [5, 5.41) is 6.37. The maximum atomic E-state index is 11.5. The molecule has 0 aromatic rings. The molecule has 5 nitrogen and oxygen atoms in total. The van der Waals surface area contributed by atoms with E-state index in [2.05, 4.69) is 17.6 Å². The SMILES string of the molecule is COCC(C)CNC1CC(NC(=O)OC(C)(C)C)C1. The second-order valence-corrected chi connectivity index (χ2v) is 6.48. The Morgan fingerprint density at radius 2 is 1.95 bits per heavy atom. The van der Waals surface area contributed by atoms with Gasteiger partial charge < -0.3 is 20.1 Å². The van der Waals surface area contributed by atoms with Crippen molar-refractivity contribution in [1.29, 1.82) is 0 Å². The van der Waals surface area contributed by atoms with E-state index in [1.54, 1.807) is 7.11 Å². The Morgan fingerprint density at radius 3 is 2.47 bits per heavy atom. The number of nitrogens with one attached hydrogen (secondary N) is 2. The summed E-state index contributed by atoms with van der Waals surface area (Å²) in [5.41, 5.74) is -0.429. The maximum absolute atomic E-state index is 11.5. The molecule has 0 heterocycles. The standard InChI is InChI=1S/C14H28N2O3/c1-10(9-18-5)8-15-11-6-12(7-11)16-13(17)19-14(2,3)4/h10-12,15H,6-9H2,1-5H3,(H,16,17). The fourth-order valence-corrected chi connectivity index (χ4v) is 2.09. The highest BCUT2D eigenvalue weighted by Crippen LogP contribution is 2.20. The van der Waals surface area contributed by atoms with Gasteiger partial charge in [0.2, 0.25) is 0 Å². The Balaban J connectivity index is 2.08. The average molecular weight is 272 g/mol. The van der Waals surface area contributed by atoms with Crippen molar-refractivity contribution in [3.63, 3.8) is 0 Å². The van der Waals surface area contributed by atoms with Gasteiger partial charge in [-0.05, 0) is 39.5 Å². The molecule has 0 bridgehead atoms. The van der Waals surface area contributed by atoms with Gasteiger partial charge >= 0.3 is 6.09 Å². The zero-order chi connectivity index (χ0) is 14.5. The molecule has 1 saturated carbocycles. The monoisotopic (exact) mass is 272 g/mol. The minimum atomic E-state index is -0.429. The Hall–Kier alpha value is -0.810. The number of alkyl carbamates (subject to hydrolysis) is 1. The molecule has 0 aromatic carbocycles. The largest absolute Gasteiger partial charge is 0.444 e. The first-order valence-corrected chi connectivity index (χ1v) is 7.02. The van der Waals surface area contributed by atoms with Crippen LogP contribution in [0.5, 0.6) is 0 Å². The first-order chi connectivity index (χ1) is 8.80. The Morgan fingerprint density at radius 1 is 1.32 bits per heavy atom. The summed E-state index contributed by atoms with van der Waals surface area (Å²) in [6, 6.07) is 0.740. The van der Waals surface area contributed by atoms with E-state index in [1.165, 1.54) is 0 Å². The first kappa shape index (κ1) is 16.2. The van der Waals surface area contributed by atoms with Gasteiger partial charge in [0, 0.05) is 32.3 Å². The highest BCUT2D eigenvalue weighted by Gasteiger charge is 2.31. The van der Waals surface area contributed by atoms with Crippen molar-refractivity contribution in [2.75, 3.05) is 20.3 Å². The van der Waals surface area contributed by atoms with Crippen molar-refractivity contribution in [2.24, 2.45) is 5.92 Å². The lowest BCUT2D eigenvalue weighted by Gasteiger charge is -2.37. The van der Waals surface area contributed by atoms with Crippen molar-refractivity contribution < 1.29 is 14.3 Å². The van der Waals surface area contributed by atoms with E-state index in [4.69, 9.17) is 9.47 Å². The van der Waals surface area contributed by atoms with E-state index in [-0.39, 0.29) is 12.1 Å². The van der Waals surface area contributed by atoms with Crippen LogP contribution in [0.1, 0.15) is 40.5 Å². The summed E-state index contributed by atoms with van der Waals surface area (Å²) in [4.78, 5) is 11.5. The van der Waals surface area contributed by atoms with Crippen LogP contribution in [0, 0.1) is 5.92 Å². The molecule has 1 amide bonds. The van der Waals surface area contributed by atoms with Gasteiger partial charge in [0.05, 0.1) is 0 Å². The van der Waals surface area contributed by atoms with Gasteiger partial charge in [0.25, 0.3) is 0 Å². The summed E-state index contributed by atoms with van der Waals surface area (Å²) in [7, 11) is 1.72. The van der Waals surface area contributed by atoms with Gasteiger partial charge in [0.15, 0.2) is 0 Å². The smallest absolute Gasteiger partial charge is 0.407 e. The molecule has 1 aliphatic rings. The summed E-state index contributed by atoms with van der Waals surface area (Å²) in [5.74, 6) is 0.517. The minimum Gasteiger partial charge on any atom is -0.444 e. The Kier molecular flexibility index (Phi) is 6.07. The summed E-state index contributed by atoms with van der Waals surface area (Å²) in [6.07, 6.45) is 1.63. The second-order valence-electron chi connectivity index (χ2n) is 6.48. The number of methoxy groups -OCH3 is 1. The van der Waals surface area contributed by atoms with Crippen molar-refractivity contribution in [2.45, 2.75) is 58.2 Å². The minimum absolute atomic E-state index is 0.241. The molecule has 0 radical (unpaired) electrons. The van der Waals surface area contributed by atoms with Crippen LogP contribution in [0.2, 0.25) is 0 Å². The molecular weight excluding hydrogens is 244 g/mol. The highest BCUT2D eigenvalue weighted by molar-refractivity contribution is 5.68. The predicted octanol–water partition coefficient (Wildman–Crippen LogP) is 1.91. The van der Waals surface area contributed by atoms with Crippen molar-refractivity contribution >= 4 is 6.09 Å². The van der Waals surface area contributed by atoms with Gasteiger partial charge in [-0.15, -0.1) is 0 Å². The third kappa shape index (κ3) is 6.78. The van der Waals surface area contributed by atoms with Crippen LogP contribution in [0.25, 0.3) is 0 Å². The third-order valence-corrected chi connectivity index (χ3v) is 3.07. The van der Waals surface area contributed by atoms with Crippen LogP contribution in [-0.4, -0.2) is 44.0 Å². The zero-order valence-electron chi connectivity index (χ0n) is 12.8. The van der Waals surface area contributed by atoms with Crippen LogP contribution in [0.4, 0.5) is 4.79 Å². The lowest BCUT2D eigenvalue weighted by Crippen LogP contribution is -2.53. The number of hydrogen-bond donors (Lipinski definition) is 2. The molecule has 5 heteroatoms. The Bertz CT molecular complexity index is 283. The summed E-state index contributed by atoms with van der Waals surface area (Å²) in [6.45, 7) is 9.50. The van der Waals surface area contributed by atoms with Crippen LogP contribution in [0.15, 0.2) is 0 Å². The highest BCUT2D eigenvalue weighted by atomic mass is 16.6. The molecular formula is C14H28N2O3. The van der Waals surface area contributed by atoms with Gasteiger partial charge in [-0.2, -0.15) is 0 Å². The van der Waals surface area contributed by atoms with E-state index in [0.717, 1.165) is 26.0 Å². The lowest BCUT2D eigenvalue weighted by molar-refractivity contribution is 0.0463. The number of ether oxygens (including phenoxy) is 2. The van der Waals surface area contributed by atoms with Gasteiger partial charge in [-0.3, -0.25) is 0 Å². The number of hydrogen-bond acceptors (Lipinski definition) is 4. The molecule has 0 saturated heterocycles. The predicted molar refractivity (Wildman–Crippen MR) is 75.2 cm³/mol. The molecule has 1 fully saturated rings. The van der Waals surface area contributed by atoms with Crippen molar-refractivity contribution in [1.82, 2.24) is 10.6 Å². The molecule has 1 rings (SSSR count). The van der Waals surface area contributed by atoms with E-state index in [9.17, 15) is 4.79 Å². The quantitative estimate of drug-likeness (QED) is 0.775. The molecule has 0 aromatic heterocycles. The molecule has 1 unspecified atom stereocenters. The van der Waals surface area contributed by atoms with Crippen LogP contribution < -0.4 is 10.6 Å². The molecule has 0 spiro atoms. The number of amides is 1. The number of rotatable bonds is 6. The summed E-state index contributed by atoms with van der Waals surface area (Å²) < 4.78 is 10.3. The van der Waals surface area contributed by atoms with Gasteiger partial charge in [-0.25, -0.2) is 4.79 Å². The third-order valence-electron chi connectivity index (χ3n) is 3.07. The lowest BCUT2D eigenvalue weighted by atomic mass is 9.86. The van der Waals surface area contributed by atoms with Crippen LogP contribution in [0.3, 0.4) is 0 Å². The normalized spacial score (nSPS) is 24.5. The zero-order valence-corrected chi connectivity index (χ0v) is 12.8. The van der Waals surface area contributed by atoms with Crippen molar-refractivity contribution in [3.8, 4) is 0 Å². The first-order valence-electron chi connectivity index (χ1n) is 7.02. The molecule has 1 atom stereocenters. The molecule has 112 valence electrons. The topological polar surface area (TPSA) is 59.6 Å². The van der Waals surface area contributed by atoms with E-state index in [0.29, 0.717) is 12.0 Å². The average Bonchev–Trinajstić information content (AvgIpc) is 2.18. The number of carbonyl (C=O) groups is 1. The van der Waals surface area contributed by atoms with E-state index in [1.807, 2.05) is 20.8 Å². The summed E-state index contributed by atoms with van der Waals surface area (Å²) >= 11 is 0. The van der Waals surface area contributed by atoms with Crippen LogP contribution in [-0.2, 0) is 9.47 Å². The fraction of sp³-hybridized carbons (Fsp3) is 0.929. The number of carbonyl (C=O) groups excluding carboxylic acids is 1. The fourth-order valence-electron chi connectivity index (χ4n) is 2.09. The van der Waals surface area contributed by atoms with Gasteiger partial charge in [-0.1, -0.05) is 6.92 Å². The van der Waals surface area contributed by atoms with E-state index >= 15 is 0 Å². The molecule has 19 heavy (non-hydrogen) atoms. The molecule has 1 aliphatic carbocycles. The second kappa shape index (κ2) is 7.10. The van der Waals surface area contributed by atoms with Gasteiger partial charge in [0.1, 0.15) is 5.60 Å². The van der Waals surface area contributed by atoms with Crippen LogP contribution >= 0.6 is 0 Å². The maximum Gasteiger partial charge on any atom is 0.407 e. The van der Waals surface area contributed by atoms with Crippen molar-refractivity contribution in [3.05, 3.63) is 0 Å². The molecule has 0 aliphatic heterocycles. The Labute approximate surface area is 116 Å². The van der Waals surface area contributed by atoms with E-state index < -0.39 is 5.60 Å².